The lowest BCUT2D eigenvalue weighted by Crippen LogP contribution is -2.01. The first-order valence-electron chi connectivity index (χ1n) is 5.41. The molecule has 7 heteroatoms. The Morgan fingerprint density at radius 2 is 2.16 bits per heavy atom. The van der Waals surface area contributed by atoms with Crippen LogP contribution in [0.2, 0.25) is 5.02 Å². The van der Waals surface area contributed by atoms with Crippen molar-refractivity contribution in [1.29, 1.82) is 0 Å². The molecule has 2 aromatic rings. The molecule has 1 aromatic heterocycles. The predicted molar refractivity (Wildman–Crippen MR) is 74.8 cm³/mol. The van der Waals surface area contributed by atoms with Crippen LogP contribution in [0.25, 0.3) is 0 Å². The fourth-order valence-corrected chi connectivity index (χ4v) is 1.89. The number of benzene rings is 1. The number of aryl methyl sites for hydroxylation is 1. The molecule has 0 amide bonds. The molecule has 0 radical (unpaired) electrons. The van der Waals surface area contributed by atoms with Crippen LogP contribution in [0.15, 0.2) is 30.3 Å². The highest BCUT2D eigenvalue weighted by atomic mass is 35.5. The van der Waals surface area contributed by atoms with Gasteiger partial charge in [-0.15, -0.1) is 0 Å². The number of nitrogens with one attached hydrogen (secondary N) is 1. The van der Waals surface area contributed by atoms with Gasteiger partial charge in [-0.2, -0.15) is 0 Å². The lowest BCUT2D eigenvalue weighted by molar-refractivity contribution is -0.384. The molecular formula is C12H11ClN4O2. The minimum atomic E-state index is -0.525. The number of anilines is 3. The van der Waals surface area contributed by atoms with E-state index in [-0.39, 0.29) is 17.3 Å². The molecule has 0 aliphatic rings. The Balaban J connectivity index is 2.41. The second-order valence-corrected chi connectivity index (χ2v) is 4.36. The van der Waals surface area contributed by atoms with Gasteiger partial charge in [0.15, 0.2) is 0 Å². The van der Waals surface area contributed by atoms with Gasteiger partial charge in [-0.3, -0.25) is 10.1 Å². The Bertz CT molecular complexity index is 625. The highest BCUT2D eigenvalue weighted by Crippen LogP contribution is 2.29. The second-order valence-electron chi connectivity index (χ2n) is 3.95. The van der Waals surface area contributed by atoms with E-state index >= 15 is 0 Å². The van der Waals surface area contributed by atoms with Crippen LogP contribution >= 0.6 is 11.6 Å². The summed E-state index contributed by atoms with van der Waals surface area (Å²) >= 11 is 6.07. The van der Waals surface area contributed by atoms with Gasteiger partial charge in [-0.1, -0.05) is 23.7 Å². The number of nitrogens with two attached hydrogens (primary N) is 1. The van der Waals surface area contributed by atoms with Crippen molar-refractivity contribution in [2.45, 2.75) is 6.92 Å². The van der Waals surface area contributed by atoms with Gasteiger partial charge in [0, 0.05) is 0 Å². The highest BCUT2D eigenvalue weighted by Gasteiger charge is 2.11. The number of halogens is 1. The molecule has 3 N–H and O–H groups in total. The van der Waals surface area contributed by atoms with Crippen molar-refractivity contribution >= 4 is 34.6 Å². The van der Waals surface area contributed by atoms with E-state index in [0.717, 1.165) is 5.56 Å². The summed E-state index contributed by atoms with van der Waals surface area (Å²) in [4.78, 5) is 14.2. The summed E-state index contributed by atoms with van der Waals surface area (Å²) in [6, 6.07) is 7.91. The van der Waals surface area contributed by atoms with Gasteiger partial charge < -0.3 is 11.1 Å². The number of hydrogen-bond donors (Lipinski definition) is 2. The average Bonchev–Trinajstić information content (AvgIpc) is 2.33. The van der Waals surface area contributed by atoms with E-state index in [2.05, 4.69) is 10.3 Å². The van der Waals surface area contributed by atoms with Crippen LogP contribution in [0.3, 0.4) is 0 Å². The van der Waals surface area contributed by atoms with E-state index in [9.17, 15) is 10.1 Å². The fourth-order valence-electron chi connectivity index (χ4n) is 1.62. The van der Waals surface area contributed by atoms with Gasteiger partial charge in [0.1, 0.15) is 11.6 Å². The summed E-state index contributed by atoms with van der Waals surface area (Å²) in [5.41, 5.74) is 6.96. The summed E-state index contributed by atoms with van der Waals surface area (Å²) < 4.78 is 0. The van der Waals surface area contributed by atoms with Crippen molar-refractivity contribution in [3.63, 3.8) is 0 Å². The molecule has 0 spiro atoms. The summed E-state index contributed by atoms with van der Waals surface area (Å²) in [7, 11) is 0. The third-order valence-electron chi connectivity index (χ3n) is 2.52. The molecule has 0 fully saturated rings. The van der Waals surface area contributed by atoms with Crippen molar-refractivity contribution in [3.8, 4) is 0 Å². The van der Waals surface area contributed by atoms with Crippen LogP contribution in [0, 0.1) is 17.0 Å². The number of nitrogens with zero attached hydrogens (tertiary/aromatic N) is 2. The normalized spacial score (nSPS) is 10.2. The number of rotatable bonds is 3. The van der Waals surface area contributed by atoms with Crippen molar-refractivity contribution in [2.75, 3.05) is 11.1 Å². The van der Waals surface area contributed by atoms with Crippen LogP contribution in [0.4, 0.5) is 23.0 Å². The first-order chi connectivity index (χ1) is 8.97. The van der Waals surface area contributed by atoms with Crippen LogP contribution < -0.4 is 11.1 Å². The van der Waals surface area contributed by atoms with E-state index in [1.807, 2.05) is 19.1 Å². The summed E-state index contributed by atoms with van der Waals surface area (Å²) in [6.45, 7) is 1.87. The van der Waals surface area contributed by atoms with Crippen molar-refractivity contribution in [2.24, 2.45) is 0 Å². The molecule has 19 heavy (non-hydrogen) atoms. The number of para-hydroxylation sites is 1. The summed E-state index contributed by atoms with van der Waals surface area (Å²) in [5, 5.41) is 14.2. The maximum absolute atomic E-state index is 10.8. The molecule has 0 bridgehead atoms. The second kappa shape index (κ2) is 5.11. The quantitative estimate of drug-likeness (QED) is 0.664. The molecule has 0 unspecified atom stereocenters. The van der Waals surface area contributed by atoms with E-state index in [0.29, 0.717) is 10.7 Å². The van der Waals surface area contributed by atoms with Gasteiger partial charge in [-0.05, 0) is 18.6 Å². The Morgan fingerprint density at radius 3 is 2.79 bits per heavy atom. The first-order valence-corrected chi connectivity index (χ1v) is 5.79. The van der Waals surface area contributed by atoms with E-state index in [1.165, 1.54) is 12.1 Å². The lowest BCUT2D eigenvalue weighted by atomic mass is 10.2. The monoisotopic (exact) mass is 278 g/mol. The minimum Gasteiger partial charge on any atom is -0.383 e. The fraction of sp³-hybridized carbons (Fsp3) is 0.0833. The van der Waals surface area contributed by atoms with Gasteiger partial charge in [0.25, 0.3) is 5.69 Å². The first kappa shape index (κ1) is 13.1. The predicted octanol–water partition coefficient (Wildman–Crippen LogP) is 3.28. The van der Waals surface area contributed by atoms with Crippen LogP contribution in [-0.2, 0) is 0 Å². The molecule has 0 aliphatic heterocycles. The smallest absolute Gasteiger partial charge is 0.276 e. The maximum atomic E-state index is 10.8. The van der Waals surface area contributed by atoms with Gasteiger partial charge in [0.05, 0.1) is 27.8 Å². The summed E-state index contributed by atoms with van der Waals surface area (Å²) in [6.07, 6.45) is 0. The van der Waals surface area contributed by atoms with Crippen molar-refractivity contribution in [3.05, 3.63) is 51.0 Å². The third-order valence-corrected chi connectivity index (χ3v) is 2.83. The molecule has 1 aromatic carbocycles. The van der Waals surface area contributed by atoms with E-state index in [4.69, 9.17) is 17.3 Å². The zero-order valence-electron chi connectivity index (χ0n) is 10.1. The van der Waals surface area contributed by atoms with Crippen LogP contribution in [0.5, 0.6) is 0 Å². The Morgan fingerprint density at radius 1 is 1.42 bits per heavy atom. The van der Waals surface area contributed by atoms with Gasteiger partial charge in [0.2, 0.25) is 0 Å². The summed E-state index contributed by atoms with van der Waals surface area (Å²) in [5.74, 6) is 0.351. The van der Waals surface area contributed by atoms with Crippen LogP contribution in [0.1, 0.15) is 5.56 Å². The highest BCUT2D eigenvalue weighted by molar-refractivity contribution is 6.33. The van der Waals surface area contributed by atoms with E-state index < -0.39 is 4.92 Å². The molecule has 6 nitrogen and oxygen atoms in total. The third kappa shape index (κ3) is 2.92. The number of aromatic nitrogens is 1. The molecule has 1 heterocycles. The number of pyridine rings is 1. The van der Waals surface area contributed by atoms with E-state index in [1.54, 1.807) is 6.07 Å². The topological polar surface area (TPSA) is 94.1 Å². The molecule has 98 valence electrons. The molecule has 0 saturated carbocycles. The molecule has 0 atom stereocenters. The molecule has 0 saturated heterocycles. The number of nitro groups is 1. The standard InChI is InChI=1S/C12H11ClN4O2/c1-7-3-2-4-9(13)12(7)16-11-6-8(17(18)19)5-10(14)15-11/h2-6H,1H3,(H3,14,15,16). The van der Waals surface area contributed by atoms with Crippen molar-refractivity contribution < 1.29 is 4.92 Å². The molecule has 2 rings (SSSR count). The average molecular weight is 279 g/mol. The number of hydrogen-bond acceptors (Lipinski definition) is 5. The maximum Gasteiger partial charge on any atom is 0.276 e. The largest absolute Gasteiger partial charge is 0.383 e. The lowest BCUT2D eigenvalue weighted by Gasteiger charge is -2.10. The Kier molecular flexibility index (Phi) is 3.52. The van der Waals surface area contributed by atoms with Crippen LogP contribution in [-0.4, -0.2) is 9.91 Å². The Hall–Kier alpha value is -2.34. The molecule has 0 aliphatic carbocycles. The zero-order valence-corrected chi connectivity index (χ0v) is 10.8. The van der Waals surface area contributed by atoms with Gasteiger partial charge in [-0.25, -0.2) is 4.98 Å². The molecular weight excluding hydrogens is 268 g/mol. The zero-order chi connectivity index (χ0) is 14.0. The minimum absolute atomic E-state index is 0.0707. The van der Waals surface area contributed by atoms with Gasteiger partial charge >= 0.3 is 0 Å². The Labute approximate surface area is 114 Å². The SMILES string of the molecule is Cc1cccc(Cl)c1Nc1cc([N+](=O)[O-])cc(N)n1. The number of nitrogen functional groups attached to an aromatic ring is 1. The van der Waals surface area contributed by atoms with Crippen molar-refractivity contribution in [1.82, 2.24) is 4.98 Å².